The van der Waals surface area contributed by atoms with E-state index < -0.39 is 0 Å². The highest BCUT2D eigenvalue weighted by Crippen LogP contribution is 2.58. The number of ether oxygens (including phenoxy) is 1. The summed E-state index contributed by atoms with van der Waals surface area (Å²) < 4.78 is 5.04. The molecule has 0 radical (unpaired) electrons. The van der Waals surface area contributed by atoms with Gasteiger partial charge in [0, 0.05) is 6.08 Å². The van der Waals surface area contributed by atoms with Crippen LogP contribution in [0.1, 0.15) is 80.1 Å². The maximum Gasteiger partial charge on any atom is 0.330 e. The van der Waals surface area contributed by atoms with Gasteiger partial charge in [0.25, 0.3) is 0 Å². The van der Waals surface area contributed by atoms with Gasteiger partial charge in [-0.3, -0.25) is 0 Å². The predicted octanol–water partition coefficient (Wildman–Crippen LogP) is 6.07. The minimum Gasteiger partial charge on any atom is -0.463 e. The molecule has 0 aliphatic heterocycles. The van der Waals surface area contributed by atoms with E-state index in [9.17, 15) is 4.79 Å². The van der Waals surface area contributed by atoms with Crippen LogP contribution in [0.25, 0.3) is 0 Å². The summed E-state index contributed by atoms with van der Waals surface area (Å²) >= 11 is 0. The molecule has 0 aromatic heterocycles. The maximum absolute atomic E-state index is 11.7. The second kappa shape index (κ2) is 7.45. The summed E-state index contributed by atoms with van der Waals surface area (Å²) in [6.07, 6.45) is 11.6. The molecule has 1 saturated carbocycles. The van der Waals surface area contributed by atoms with Crippen molar-refractivity contribution >= 4 is 5.97 Å². The van der Waals surface area contributed by atoms with Gasteiger partial charge < -0.3 is 4.74 Å². The Morgan fingerprint density at radius 2 is 2.08 bits per heavy atom. The molecular formula is C22H36O2. The Morgan fingerprint density at radius 1 is 1.38 bits per heavy atom. The SMILES string of the molecule is CCOC(=O)/C=C(\C)CC[C@@]1(C)[C@@H]2CCCC(C)(C)C2=CC[C@@H]1C. The van der Waals surface area contributed by atoms with Gasteiger partial charge in [-0.15, -0.1) is 0 Å². The molecule has 0 aromatic carbocycles. The van der Waals surface area contributed by atoms with Crippen LogP contribution in [-0.2, 0) is 9.53 Å². The Labute approximate surface area is 148 Å². The van der Waals surface area contributed by atoms with Crippen LogP contribution >= 0.6 is 0 Å². The zero-order valence-electron chi connectivity index (χ0n) is 16.6. The van der Waals surface area contributed by atoms with Crippen molar-refractivity contribution in [2.45, 2.75) is 80.1 Å². The van der Waals surface area contributed by atoms with E-state index in [1.807, 2.05) is 6.92 Å². The second-order valence-electron chi connectivity index (χ2n) is 8.87. The van der Waals surface area contributed by atoms with Crippen LogP contribution in [0.3, 0.4) is 0 Å². The van der Waals surface area contributed by atoms with Crippen molar-refractivity contribution in [3.63, 3.8) is 0 Å². The minimum absolute atomic E-state index is 0.198. The Kier molecular flexibility index (Phi) is 5.99. The van der Waals surface area contributed by atoms with Crippen molar-refractivity contribution in [3.05, 3.63) is 23.3 Å². The fraction of sp³-hybridized carbons (Fsp3) is 0.773. The average molecular weight is 333 g/mol. The second-order valence-corrected chi connectivity index (χ2v) is 8.87. The first kappa shape index (κ1) is 19.3. The highest BCUT2D eigenvalue weighted by molar-refractivity contribution is 5.82. The smallest absolute Gasteiger partial charge is 0.330 e. The molecule has 2 aliphatic carbocycles. The third-order valence-corrected chi connectivity index (χ3v) is 6.77. The van der Waals surface area contributed by atoms with Crippen molar-refractivity contribution in [2.24, 2.45) is 22.7 Å². The van der Waals surface area contributed by atoms with E-state index in [-0.39, 0.29) is 5.97 Å². The topological polar surface area (TPSA) is 26.3 Å². The van der Waals surface area contributed by atoms with E-state index in [2.05, 4.69) is 40.7 Å². The number of carbonyl (C=O) groups excluding carboxylic acids is 1. The summed E-state index contributed by atoms with van der Waals surface area (Å²) in [7, 11) is 0. The van der Waals surface area contributed by atoms with Gasteiger partial charge in [-0.2, -0.15) is 0 Å². The van der Waals surface area contributed by atoms with Crippen LogP contribution in [0.15, 0.2) is 23.3 Å². The third kappa shape index (κ3) is 3.95. The van der Waals surface area contributed by atoms with Gasteiger partial charge in [0.2, 0.25) is 0 Å². The van der Waals surface area contributed by atoms with E-state index in [0.717, 1.165) is 18.4 Å². The summed E-state index contributed by atoms with van der Waals surface area (Å²) in [5.41, 5.74) is 3.56. The molecule has 0 spiro atoms. The molecule has 2 rings (SSSR count). The summed E-state index contributed by atoms with van der Waals surface area (Å²) in [4.78, 5) is 11.7. The normalized spacial score (nSPS) is 32.8. The van der Waals surface area contributed by atoms with Crippen LogP contribution in [0.5, 0.6) is 0 Å². The van der Waals surface area contributed by atoms with Gasteiger partial charge in [0.05, 0.1) is 6.61 Å². The number of carbonyl (C=O) groups is 1. The molecule has 0 N–H and O–H groups in total. The van der Waals surface area contributed by atoms with Crippen molar-refractivity contribution in [1.82, 2.24) is 0 Å². The number of hydrogen-bond donors (Lipinski definition) is 0. The molecule has 136 valence electrons. The Balaban J connectivity index is 2.13. The average Bonchev–Trinajstić information content (AvgIpc) is 2.49. The molecule has 0 bridgehead atoms. The molecule has 0 amide bonds. The number of fused-ring (bicyclic) bond motifs is 1. The molecule has 24 heavy (non-hydrogen) atoms. The van der Waals surface area contributed by atoms with Gasteiger partial charge in [-0.25, -0.2) is 4.79 Å². The largest absolute Gasteiger partial charge is 0.463 e. The zero-order valence-corrected chi connectivity index (χ0v) is 16.6. The van der Waals surface area contributed by atoms with Crippen LogP contribution in [0, 0.1) is 22.7 Å². The lowest BCUT2D eigenvalue weighted by molar-refractivity contribution is -0.137. The lowest BCUT2D eigenvalue weighted by Crippen LogP contribution is -2.43. The van der Waals surface area contributed by atoms with Gasteiger partial charge in [0.1, 0.15) is 0 Å². The fourth-order valence-corrected chi connectivity index (χ4v) is 4.88. The van der Waals surface area contributed by atoms with Crippen molar-refractivity contribution in [2.75, 3.05) is 6.61 Å². The Hall–Kier alpha value is -1.05. The first-order valence-corrected chi connectivity index (χ1v) is 9.75. The highest BCUT2D eigenvalue weighted by Gasteiger charge is 2.47. The van der Waals surface area contributed by atoms with E-state index >= 15 is 0 Å². The Bertz CT molecular complexity index is 526. The lowest BCUT2D eigenvalue weighted by Gasteiger charge is -2.53. The standard InChI is InChI=1S/C22H36O2/c1-7-24-20(23)15-16(2)12-14-22(6)17(3)10-11-18-19(22)9-8-13-21(18,4)5/h11,15,17,19H,7-10,12-14H2,1-6H3/b16-15+/t17-,19+,22+/m0/s1. The van der Waals surface area contributed by atoms with Crippen LogP contribution in [0.4, 0.5) is 0 Å². The summed E-state index contributed by atoms with van der Waals surface area (Å²) in [5, 5.41) is 0. The molecular weight excluding hydrogens is 296 g/mol. The van der Waals surface area contributed by atoms with Crippen molar-refractivity contribution in [1.29, 1.82) is 0 Å². The quantitative estimate of drug-likeness (QED) is 0.347. The summed E-state index contributed by atoms with van der Waals surface area (Å²) in [5.74, 6) is 1.21. The summed E-state index contributed by atoms with van der Waals surface area (Å²) in [6.45, 7) is 14.1. The number of esters is 1. The zero-order chi connectivity index (χ0) is 18.0. The molecule has 3 atom stereocenters. The van der Waals surface area contributed by atoms with Gasteiger partial charge in [-0.05, 0) is 68.6 Å². The number of hydrogen-bond acceptors (Lipinski definition) is 2. The minimum atomic E-state index is -0.198. The number of rotatable bonds is 5. The molecule has 0 aromatic rings. The van der Waals surface area contributed by atoms with Crippen LogP contribution in [0.2, 0.25) is 0 Å². The molecule has 2 aliphatic rings. The van der Waals surface area contributed by atoms with E-state index in [1.54, 1.807) is 11.6 Å². The first-order chi connectivity index (χ1) is 11.2. The maximum atomic E-state index is 11.7. The van der Waals surface area contributed by atoms with Crippen LogP contribution in [-0.4, -0.2) is 12.6 Å². The highest BCUT2D eigenvalue weighted by atomic mass is 16.5. The lowest BCUT2D eigenvalue weighted by atomic mass is 9.52. The molecule has 0 unspecified atom stereocenters. The van der Waals surface area contributed by atoms with E-state index in [1.165, 1.54) is 25.7 Å². The van der Waals surface area contributed by atoms with Crippen LogP contribution < -0.4 is 0 Å². The third-order valence-electron chi connectivity index (χ3n) is 6.77. The molecule has 2 heteroatoms. The molecule has 2 nitrogen and oxygen atoms in total. The molecule has 0 saturated heterocycles. The summed E-state index contributed by atoms with van der Waals surface area (Å²) in [6, 6.07) is 0. The van der Waals surface area contributed by atoms with Gasteiger partial charge >= 0.3 is 5.97 Å². The van der Waals surface area contributed by atoms with E-state index in [4.69, 9.17) is 4.74 Å². The Morgan fingerprint density at radius 3 is 2.75 bits per heavy atom. The first-order valence-electron chi connectivity index (χ1n) is 9.75. The van der Waals surface area contributed by atoms with Crippen molar-refractivity contribution < 1.29 is 9.53 Å². The predicted molar refractivity (Wildman–Crippen MR) is 101 cm³/mol. The van der Waals surface area contributed by atoms with Crippen molar-refractivity contribution in [3.8, 4) is 0 Å². The number of allylic oxidation sites excluding steroid dienone is 3. The molecule has 0 heterocycles. The van der Waals surface area contributed by atoms with Gasteiger partial charge in [0.15, 0.2) is 0 Å². The monoisotopic (exact) mass is 332 g/mol. The van der Waals surface area contributed by atoms with E-state index in [0.29, 0.717) is 29.3 Å². The molecule has 1 fully saturated rings. The fourth-order valence-electron chi connectivity index (χ4n) is 4.88. The van der Waals surface area contributed by atoms with Gasteiger partial charge in [-0.1, -0.05) is 51.3 Å².